The van der Waals surface area contributed by atoms with E-state index in [1.807, 2.05) is 24.3 Å². The van der Waals surface area contributed by atoms with Crippen LogP contribution in [0.3, 0.4) is 0 Å². The largest absolute Gasteiger partial charge is 0.497 e. The highest BCUT2D eigenvalue weighted by molar-refractivity contribution is 7.99. The Labute approximate surface area is 225 Å². The lowest BCUT2D eigenvalue weighted by atomic mass is 9.95. The number of benzene rings is 2. The summed E-state index contributed by atoms with van der Waals surface area (Å²) in [5.74, 6) is 2.69. The van der Waals surface area contributed by atoms with E-state index < -0.39 is 0 Å². The number of aromatic nitrogens is 2. The second-order valence-corrected chi connectivity index (χ2v) is 10.6. The molecule has 0 aliphatic heterocycles. The van der Waals surface area contributed by atoms with Crippen LogP contribution in [0, 0.1) is 0 Å². The predicted octanol–water partition coefficient (Wildman–Crippen LogP) is 6.97. The number of nitrogens with zero attached hydrogens (tertiary/aromatic N) is 2. The Morgan fingerprint density at radius 1 is 0.973 bits per heavy atom. The Kier molecular flexibility index (Phi) is 9.94. The maximum atomic E-state index is 12.5. The number of rotatable bonds is 12. The van der Waals surface area contributed by atoms with Crippen molar-refractivity contribution in [3.05, 3.63) is 48.5 Å². The first-order valence-electron chi connectivity index (χ1n) is 13.4. The zero-order valence-corrected chi connectivity index (χ0v) is 23.1. The number of methoxy groups -OCH3 is 2. The van der Waals surface area contributed by atoms with Crippen LogP contribution in [0.15, 0.2) is 53.7 Å². The summed E-state index contributed by atoms with van der Waals surface area (Å²) >= 11 is 1.74. The summed E-state index contributed by atoms with van der Waals surface area (Å²) in [5.41, 5.74) is 4.22. The van der Waals surface area contributed by atoms with Gasteiger partial charge in [-0.2, -0.15) is 0 Å². The van der Waals surface area contributed by atoms with Crippen LogP contribution >= 0.6 is 11.8 Å². The molecule has 1 N–H and O–H groups in total. The van der Waals surface area contributed by atoms with Crippen LogP contribution < -0.4 is 14.8 Å². The van der Waals surface area contributed by atoms with Crippen LogP contribution in [-0.4, -0.2) is 41.5 Å². The summed E-state index contributed by atoms with van der Waals surface area (Å²) in [5, 5.41) is 4.23. The summed E-state index contributed by atoms with van der Waals surface area (Å²) in [6.45, 7) is 3.06. The molecule has 0 bridgehead atoms. The Balaban J connectivity index is 1.54. The van der Waals surface area contributed by atoms with Crippen molar-refractivity contribution in [2.75, 3.05) is 20.0 Å². The molecule has 1 amide bonds. The summed E-state index contributed by atoms with van der Waals surface area (Å²) in [6.07, 6.45) is 8.40. The lowest BCUT2D eigenvalue weighted by Gasteiger charge is -2.22. The minimum Gasteiger partial charge on any atom is -0.497 e. The van der Waals surface area contributed by atoms with Crippen molar-refractivity contribution < 1.29 is 14.3 Å². The van der Waals surface area contributed by atoms with Gasteiger partial charge in [0.25, 0.3) is 0 Å². The number of ether oxygens (including phenoxy) is 2. The Bertz CT molecular complexity index is 1140. The third-order valence-corrected chi connectivity index (χ3v) is 7.92. The fraction of sp³-hybridized carbons (Fsp3) is 0.467. The van der Waals surface area contributed by atoms with Crippen molar-refractivity contribution in [3.8, 4) is 34.0 Å². The van der Waals surface area contributed by atoms with Gasteiger partial charge in [0.2, 0.25) is 5.91 Å². The van der Waals surface area contributed by atoms with Gasteiger partial charge in [-0.05, 0) is 74.2 Å². The Morgan fingerprint density at radius 3 is 2.19 bits per heavy atom. The highest BCUT2D eigenvalue weighted by Crippen LogP contribution is 2.37. The minimum atomic E-state index is 0.183. The molecule has 2 aromatic carbocycles. The van der Waals surface area contributed by atoms with Gasteiger partial charge in [-0.25, -0.2) is 4.98 Å². The number of nitrogens with one attached hydrogen (secondary N) is 1. The molecular formula is C30H39N3O3S. The fourth-order valence-corrected chi connectivity index (χ4v) is 5.87. The molecule has 0 spiro atoms. The van der Waals surface area contributed by atoms with Crippen LogP contribution in [0.4, 0.5) is 0 Å². The molecule has 198 valence electrons. The SMILES string of the molecule is CCCn1c(SCCCC(=O)NC2CCCCC2)nc(-c2ccc(OC)cc2)c1-c1ccc(OC)cc1. The van der Waals surface area contributed by atoms with Crippen molar-refractivity contribution in [2.45, 2.75) is 76.0 Å². The number of carbonyl (C=O) groups is 1. The molecule has 1 aliphatic rings. The van der Waals surface area contributed by atoms with Gasteiger partial charge >= 0.3 is 0 Å². The topological polar surface area (TPSA) is 65.4 Å². The highest BCUT2D eigenvalue weighted by Gasteiger charge is 2.21. The van der Waals surface area contributed by atoms with Crippen molar-refractivity contribution in [2.24, 2.45) is 0 Å². The number of imidazole rings is 1. The van der Waals surface area contributed by atoms with E-state index in [4.69, 9.17) is 14.5 Å². The zero-order valence-electron chi connectivity index (χ0n) is 22.3. The number of carbonyl (C=O) groups excluding carboxylic acids is 1. The smallest absolute Gasteiger partial charge is 0.220 e. The van der Waals surface area contributed by atoms with Crippen LogP contribution in [0.5, 0.6) is 11.5 Å². The van der Waals surface area contributed by atoms with E-state index in [1.165, 1.54) is 19.3 Å². The summed E-state index contributed by atoms with van der Waals surface area (Å²) in [7, 11) is 3.36. The molecule has 4 rings (SSSR count). The van der Waals surface area contributed by atoms with Crippen LogP contribution in [-0.2, 0) is 11.3 Å². The van der Waals surface area contributed by atoms with Crippen molar-refractivity contribution in [3.63, 3.8) is 0 Å². The third-order valence-electron chi connectivity index (χ3n) is 6.86. The second-order valence-electron chi connectivity index (χ2n) is 9.55. The lowest BCUT2D eigenvalue weighted by molar-refractivity contribution is -0.122. The molecule has 1 aromatic heterocycles. The molecular weight excluding hydrogens is 482 g/mol. The normalized spacial score (nSPS) is 13.9. The van der Waals surface area contributed by atoms with E-state index in [9.17, 15) is 4.79 Å². The van der Waals surface area contributed by atoms with Crippen molar-refractivity contribution >= 4 is 17.7 Å². The van der Waals surface area contributed by atoms with E-state index in [2.05, 4.69) is 41.1 Å². The molecule has 0 saturated heterocycles. The average molecular weight is 522 g/mol. The molecule has 0 unspecified atom stereocenters. The van der Waals surface area contributed by atoms with Crippen LogP contribution in [0.2, 0.25) is 0 Å². The predicted molar refractivity (Wildman–Crippen MR) is 151 cm³/mol. The maximum Gasteiger partial charge on any atom is 0.220 e. The number of hydrogen-bond donors (Lipinski definition) is 1. The van der Waals surface area contributed by atoms with E-state index in [0.29, 0.717) is 12.5 Å². The van der Waals surface area contributed by atoms with Crippen LogP contribution in [0.1, 0.15) is 58.3 Å². The van der Waals surface area contributed by atoms with E-state index >= 15 is 0 Å². The third kappa shape index (κ3) is 7.10. The summed E-state index contributed by atoms with van der Waals surface area (Å²) in [6, 6.07) is 16.6. The molecule has 1 fully saturated rings. The zero-order chi connectivity index (χ0) is 26.0. The van der Waals surface area contributed by atoms with Gasteiger partial charge in [0.1, 0.15) is 11.5 Å². The van der Waals surface area contributed by atoms with Crippen LogP contribution in [0.25, 0.3) is 22.5 Å². The fourth-order valence-electron chi connectivity index (χ4n) is 4.91. The first-order chi connectivity index (χ1) is 18.1. The first-order valence-corrected chi connectivity index (χ1v) is 14.4. The Morgan fingerprint density at radius 2 is 1.59 bits per heavy atom. The summed E-state index contributed by atoms with van der Waals surface area (Å²) in [4.78, 5) is 17.6. The van der Waals surface area contributed by atoms with Gasteiger partial charge in [0, 0.05) is 35.9 Å². The van der Waals surface area contributed by atoms with E-state index in [-0.39, 0.29) is 5.91 Å². The molecule has 0 radical (unpaired) electrons. The lowest BCUT2D eigenvalue weighted by Crippen LogP contribution is -2.36. The van der Waals surface area contributed by atoms with Gasteiger partial charge in [-0.1, -0.05) is 37.9 Å². The van der Waals surface area contributed by atoms with E-state index in [0.717, 1.165) is 77.2 Å². The Hall–Kier alpha value is -2.93. The number of hydrogen-bond acceptors (Lipinski definition) is 5. The standard InChI is InChI=1S/C30H39N3O3S/c1-4-20-33-29(23-14-18-26(36-3)19-15-23)28(22-12-16-25(35-2)17-13-22)32-30(33)37-21-8-11-27(34)31-24-9-6-5-7-10-24/h12-19,24H,4-11,20-21H2,1-3H3,(H,31,34). The van der Waals surface area contributed by atoms with Crippen molar-refractivity contribution in [1.82, 2.24) is 14.9 Å². The van der Waals surface area contributed by atoms with Gasteiger partial charge in [0.15, 0.2) is 5.16 Å². The molecule has 1 aliphatic carbocycles. The number of thioether (sulfide) groups is 1. The molecule has 7 heteroatoms. The molecule has 0 atom stereocenters. The maximum absolute atomic E-state index is 12.5. The first kappa shape index (κ1) is 27.1. The van der Waals surface area contributed by atoms with Crippen molar-refractivity contribution in [1.29, 1.82) is 0 Å². The monoisotopic (exact) mass is 521 g/mol. The average Bonchev–Trinajstić information content (AvgIpc) is 3.30. The van der Waals surface area contributed by atoms with Gasteiger partial charge in [0.05, 0.1) is 25.6 Å². The molecule has 37 heavy (non-hydrogen) atoms. The molecule has 1 saturated carbocycles. The summed E-state index contributed by atoms with van der Waals surface area (Å²) < 4.78 is 13.1. The van der Waals surface area contributed by atoms with Gasteiger partial charge in [-0.3, -0.25) is 4.79 Å². The highest BCUT2D eigenvalue weighted by atomic mass is 32.2. The minimum absolute atomic E-state index is 0.183. The number of amides is 1. The van der Waals surface area contributed by atoms with Gasteiger partial charge in [-0.15, -0.1) is 0 Å². The second kappa shape index (κ2) is 13.6. The quantitative estimate of drug-likeness (QED) is 0.206. The molecule has 6 nitrogen and oxygen atoms in total. The molecule has 3 aromatic rings. The van der Waals surface area contributed by atoms with Gasteiger partial charge < -0.3 is 19.4 Å². The van der Waals surface area contributed by atoms with E-state index in [1.54, 1.807) is 26.0 Å². The molecule has 1 heterocycles.